The third-order valence-electron chi connectivity index (χ3n) is 7.66. The van der Waals surface area contributed by atoms with E-state index in [1.54, 1.807) is 0 Å². The van der Waals surface area contributed by atoms with Gasteiger partial charge in [-0.2, -0.15) is 0 Å². The van der Waals surface area contributed by atoms with Crippen LogP contribution in [0, 0.1) is 0 Å². The molecule has 1 aliphatic carbocycles. The SMILES string of the molecule is O=C(CCC1(c2ccccc2)CNC(=O)N1c1ccc2c(c1)CCNCC2)OC1CCCCC1. The van der Waals surface area contributed by atoms with E-state index in [4.69, 9.17) is 4.74 Å². The van der Waals surface area contributed by atoms with E-state index in [0.29, 0.717) is 13.0 Å². The van der Waals surface area contributed by atoms with Gasteiger partial charge < -0.3 is 15.4 Å². The maximum Gasteiger partial charge on any atom is 0.322 e. The molecule has 6 nitrogen and oxygen atoms in total. The molecule has 1 atom stereocenters. The monoisotopic (exact) mass is 461 g/mol. The van der Waals surface area contributed by atoms with Crippen molar-refractivity contribution < 1.29 is 14.3 Å². The highest BCUT2D eigenvalue weighted by atomic mass is 16.5. The Bertz CT molecular complexity index is 1020. The number of hydrogen-bond acceptors (Lipinski definition) is 4. The molecule has 0 bridgehead atoms. The molecule has 2 heterocycles. The third-order valence-corrected chi connectivity index (χ3v) is 7.66. The smallest absolute Gasteiger partial charge is 0.322 e. The second kappa shape index (κ2) is 10.2. The lowest BCUT2D eigenvalue weighted by atomic mass is 9.84. The van der Waals surface area contributed by atoms with Gasteiger partial charge in [-0.1, -0.05) is 42.8 Å². The molecule has 2 N–H and O–H groups in total. The van der Waals surface area contributed by atoms with E-state index < -0.39 is 5.54 Å². The van der Waals surface area contributed by atoms with Gasteiger partial charge in [0.25, 0.3) is 0 Å². The second-order valence-corrected chi connectivity index (χ2v) is 9.84. The predicted octanol–water partition coefficient (Wildman–Crippen LogP) is 4.46. The molecule has 0 aromatic heterocycles. The van der Waals surface area contributed by atoms with Gasteiger partial charge >= 0.3 is 12.0 Å². The molecule has 1 unspecified atom stereocenters. The standard InChI is InChI=1S/C28H35N3O3/c32-26(34-25-9-5-2-6-10-25)13-16-28(23-7-3-1-4-8-23)20-30-27(33)31(28)24-12-11-21-14-17-29-18-15-22(21)19-24/h1,3-4,7-8,11-12,19,25,29H,2,5-6,9-10,13-18,20H2,(H,30,33). The van der Waals surface area contributed by atoms with Gasteiger partial charge in [0.05, 0.1) is 5.54 Å². The number of carbonyl (C=O) groups is 2. The number of esters is 1. The molecule has 2 aromatic carbocycles. The van der Waals surface area contributed by atoms with E-state index >= 15 is 0 Å². The second-order valence-electron chi connectivity index (χ2n) is 9.84. The zero-order valence-corrected chi connectivity index (χ0v) is 19.9. The third kappa shape index (κ3) is 4.69. The number of urea groups is 1. The first-order chi connectivity index (χ1) is 16.7. The molecule has 2 amide bonds. The van der Waals surface area contributed by atoms with Crippen LogP contribution in [0.5, 0.6) is 0 Å². The zero-order chi connectivity index (χ0) is 23.4. The Morgan fingerprint density at radius 3 is 2.56 bits per heavy atom. The van der Waals surface area contributed by atoms with Crippen LogP contribution in [-0.2, 0) is 27.9 Å². The highest BCUT2D eigenvalue weighted by Gasteiger charge is 2.48. The molecule has 6 heteroatoms. The zero-order valence-electron chi connectivity index (χ0n) is 19.9. The van der Waals surface area contributed by atoms with E-state index in [1.165, 1.54) is 17.5 Å². The Hall–Kier alpha value is -2.86. The van der Waals surface area contributed by atoms with Gasteiger partial charge in [0.15, 0.2) is 0 Å². The Morgan fingerprint density at radius 2 is 1.76 bits per heavy atom. The Morgan fingerprint density at radius 1 is 1.00 bits per heavy atom. The van der Waals surface area contributed by atoms with Crippen LogP contribution >= 0.6 is 0 Å². The summed E-state index contributed by atoms with van der Waals surface area (Å²) in [7, 11) is 0. The van der Waals surface area contributed by atoms with Crippen LogP contribution in [0.2, 0.25) is 0 Å². The number of hydrogen-bond donors (Lipinski definition) is 2. The van der Waals surface area contributed by atoms with Crippen LogP contribution in [0.25, 0.3) is 0 Å². The van der Waals surface area contributed by atoms with Crippen molar-refractivity contribution >= 4 is 17.7 Å². The van der Waals surface area contributed by atoms with E-state index in [1.807, 2.05) is 23.1 Å². The van der Waals surface area contributed by atoms with Crippen LogP contribution in [0.1, 0.15) is 61.6 Å². The Kier molecular flexibility index (Phi) is 6.86. The first kappa shape index (κ1) is 22.9. The molecular weight excluding hydrogens is 426 g/mol. The van der Waals surface area contributed by atoms with Crippen molar-refractivity contribution in [1.82, 2.24) is 10.6 Å². The summed E-state index contributed by atoms with van der Waals surface area (Å²) in [5, 5.41) is 6.53. The van der Waals surface area contributed by atoms with Gasteiger partial charge in [-0.15, -0.1) is 0 Å². The van der Waals surface area contributed by atoms with E-state index in [0.717, 1.165) is 62.9 Å². The molecule has 0 spiro atoms. The van der Waals surface area contributed by atoms with Crippen molar-refractivity contribution in [3.8, 4) is 0 Å². The summed E-state index contributed by atoms with van der Waals surface area (Å²) < 4.78 is 5.82. The topological polar surface area (TPSA) is 70.7 Å². The molecule has 5 rings (SSSR count). The van der Waals surface area contributed by atoms with Crippen LogP contribution in [-0.4, -0.2) is 37.7 Å². The summed E-state index contributed by atoms with van der Waals surface area (Å²) in [4.78, 5) is 28.0. The maximum atomic E-state index is 13.2. The number of benzene rings is 2. The summed E-state index contributed by atoms with van der Waals surface area (Å²) in [5.41, 5.74) is 3.92. The average molecular weight is 462 g/mol. The Balaban J connectivity index is 1.43. The summed E-state index contributed by atoms with van der Waals surface area (Å²) in [6, 6.07) is 16.4. The molecular formula is C28H35N3O3. The van der Waals surface area contributed by atoms with Crippen LogP contribution in [0.4, 0.5) is 10.5 Å². The van der Waals surface area contributed by atoms with Gasteiger partial charge in [-0.25, -0.2) is 4.79 Å². The maximum absolute atomic E-state index is 13.2. The fraction of sp³-hybridized carbons (Fsp3) is 0.500. The molecule has 3 aliphatic rings. The minimum atomic E-state index is -0.638. The molecule has 1 saturated carbocycles. The largest absolute Gasteiger partial charge is 0.462 e. The van der Waals surface area contributed by atoms with Gasteiger partial charge in [0, 0.05) is 18.7 Å². The molecule has 1 saturated heterocycles. The van der Waals surface area contributed by atoms with E-state index in [-0.39, 0.29) is 24.5 Å². The summed E-state index contributed by atoms with van der Waals surface area (Å²) in [5.74, 6) is -0.158. The fourth-order valence-electron chi connectivity index (χ4n) is 5.80. The van der Waals surface area contributed by atoms with E-state index in [9.17, 15) is 9.59 Å². The van der Waals surface area contributed by atoms with Crippen molar-refractivity contribution in [1.29, 1.82) is 0 Å². The first-order valence-corrected chi connectivity index (χ1v) is 12.8. The molecule has 2 fully saturated rings. The van der Waals surface area contributed by atoms with Gasteiger partial charge in [0.1, 0.15) is 6.10 Å². The number of anilines is 1. The minimum absolute atomic E-state index is 0.0477. The molecule has 180 valence electrons. The van der Waals surface area contributed by atoms with Gasteiger partial charge in [-0.05, 0) is 86.9 Å². The van der Waals surface area contributed by atoms with Crippen molar-refractivity contribution in [2.45, 2.75) is 69.4 Å². The minimum Gasteiger partial charge on any atom is -0.462 e. The van der Waals surface area contributed by atoms with Crippen molar-refractivity contribution in [3.05, 3.63) is 65.2 Å². The highest BCUT2D eigenvalue weighted by Crippen LogP contribution is 2.41. The van der Waals surface area contributed by atoms with Crippen molar-refractivity contribution in [2.75, 3.05) is 24.5 Å². The lowest BCUT2D eigenvalue weighted by Gasteiger charge is -2.38. The number of carbonyl (C=O) groups excluding carboxylic acids is 2. The lowest BCUT2D eigenvalue weighted by molar-refractivity contribution is -0.150. The molecule has 0 radical (unpaired) electrons. The average Bonchev–Trinajstić information content (AvgIpc) is 3.04. The summed E-state index contributed by atoms with van der Waals surface area (Å²) in [6.45, 7) is 2.39. The van der Waals surface area contributed by atoms with Crippen molar-refractivity contribution in [3.63, 3.8) is 0 Å². The Labute approximate surface area is 202 Å². The number of fused-ring (bicyclic) bond motifs is 1. The predicted molar refractivity (Wildman–Crippen MR) is 133 cm³/mol. The number of ether oxygens (including phenoxy) is 1. The van der Waals surface area contributed by atoms with E-state index in [2.05, 4.69) is 41.0 Å². The number of amides is 2. The number of rotatable bonds is 6. The van der Waals surface area contributed by atoms with Crippen LogP contribution in [0.15, 0.2) is 48.5 Å². The van der Waals surface area contributed by atoms with Gasteiger partial charge in [0.2, 0.25) is 0 Å². The van der Waals surface area contributed by atoms with Crippen LogP contribution < -0.4 is 15.5 Å². The fourth-order valence-corrected chi connectivity index (χ4v) is 5.80. The lowest BCUT2D eigenvalue weighted by Crippen LogP contribution is -2.45. The number of nitrogens with zero attached hydrogens (tertiary/aromatic N) is 1. The molecule has 2 aromatic rings. The normalized spacial score (nSPS) is 23.2. The van der Waals surface area contributed by atoms with Crippen LogP contribution in [0.3, 0.4) is 0 Å². The molecule has 2 aliphatic heterocycles. The summed E-state index contributed by atoms with van der Waals surface area (Å²) >= 11 is 0. The quantitative estimate of drug-likeness (QED) is 0.624. The summed E-state index contributed by atoms with van der Waals surface area (Å²) in [6.07, 6.45) is 8.21. The number of nitrogens with one attached hydrogen (secondary N) is 2. The first-order valence-electron chi connectivity index (χ1n) is 12.8. The van der Waals surface area contributed by atoms with Gasteiger partial charge in [-0.3, -0.25) is 9.69 Å². The highest BCUT2D eigenvalue weighted by molar-refractivity contribution is 5.96. The molecule has 34 heavy (non-hydrogen) atoms. The van der Waals surface area contributed by atoms with Crippen molar-refractivity contribution in [2.24, 2.45) is 0 Å².